The average Bonchev–Trinajstić information content (AvgIpc) is 2.50. The van der Waals surface area contributed by atoms with Crippen molar-refractivity contribution in [2.45, 2.75) is 6.42 Å². The minimum atomic E-state index is -0.631. The van der Waals surface area contributed by atoms with E-state index in [4.69, 9.17) is 0 Å². The minimum Gasteiger partial charge on any atom is -0.465 e. The number of nitrogens with zero attached hydrogens (tertiary/aromatic N) is 1. The molecule has 0 heterocycles. The second-order valence-electron chi connectivity index (χ2n) is 4.24. The van der Waals surface area contributed by atoms with Gasteiger partial charge in [-0.2, -0.15) is 0 Å². The number of hydrogen-bond acceptors (Lipinski definition) is 4. The third-order valence-corrected chi connectivity index (χ3v) is 2.88. The summed E-state index contributed by atoms with van der Waals surface area (Å²) in [4.78, 5) is 35.3. The number of amides is 2. The first-order valence-electron chi connectivity index (χ1n) is 6.14. The van der Waals surface area contributed by atoms with Gasteiger partial charge in [-0.05, 0) is 24.1 Å². The van der Waals surface area contributed by atoms with Crippen molar-refractivity contribution in [3.05, 3.63) is 35.4 Å². The second kappa shape index (κ2) is 7.28. The first-order valence-corrected chi connectivity index (χ1v) is 6.14. The van der Waals surface area contributed by atoms with E-state index in [1.807, 2.05) is 0 Å². The Morgan fingerprint density at radius 2 is 1.80 bits per heavy atom. The van der Waals surface area contributed by atoms with Gasteiger partial charge in [0, 0.05) is 20.6 Å². The lowest BCUT2D eigenvalue weighted by molar-refractivity contribution is -0.144. The molecule has 1 N–H and O–H groups in total. The Bertz CT molecular complexity index is 496. The van der Waals surface area contributed by atoms with Crippen LogP contribution in [0.4, 0.5) is 0 Å². The Balaban J connectivity index is 2.56. The molecule has 2 amide bonds. The Hall–Kier alpha value is -2.37. The third kappa shape index (κ3) is 4.08. The standard InChI is InChI=1S/C14H18N2O4/c1-15-12(17)13(18)16(2)9-8-10-4-6-11(7-5-10)14(19)20-3/h4-7H,8-9H2,1-3H3,(H,15,17). The molecule has 20 heavy (non-hydrogen) atoms. The number of carbonyl (C=O) groups excluding carboxylic acids is 3. The number of hydrogen-bond donors (Lipinski definition) is 1. The lowest BCUT2D eigenvalue weighted by Gasteiger charge is -2.15. The Morgan fingerprint density at radius 3 is 2.30 bits per heavy atom. The molecule has 0 aliphatic heterocycles. The van der Waals surface area contributed by atoms with Crippen molar-refractivity contribution < 1.29 is 19.1 Å². The molecule has 0 bridgehead atoms. The maximum atomic E-state index is 11.5. The van der Waals surface area contributed by atoms with Crippen molar-refractivity contribution in [2.24, 2.45) is 0 Å². The number of benzene rings is 1. The number of methoxy groups -OCH3 is 1. The zero-order valence-electron chi connectivity index (χ0n) is 11.8. The van der Waals surface area contributed by atoms with Crippen LogP contribution >= 0.6 is 0 Å². The van der Waals surface area contributed by atoms with Crippen LogP contribution in [0.5, 0.6) is 0 Å². The molecule has 0 fully saturated rings. The van der Waals surface area contributed by atoms with Gasteiger partial charge in [0.1, 0.15) is 0 Å². The van der Waals surface area contributed by atoms with Gasteiger partial charge in [-0.3, -0.25) is 9.59 Å². The summed E-state index contributed by atoms with van der Waals surface area (Å²) < 4.78 is 4.61. The monoisotopic (exact) mass is 278 g/mol. The van der Waals surface area contributed by atoms with E-state index in [-0.39, 0.29) is 5.97 Å². The highest BCUT2D eigenvalue weighted by Crippen LogP contribution is 2.07. The lowest BCUT2D eigenvalue weighted by Crippen LogP contribution is -2.40. The molecule has 6 heteroatoms. The van der Waals surface area contributed by atoms with Crippen LogP contribution in [0.1, 0.15) is 15.9 Å². The van der Waals surface area contributed by atoms with E-state index in [0.717, 1.165) is 5.56 Å². The van der Waals surface area contributed by atoms with Crippen LogP contribution < -0.4 is 5.32 Å². The van der Waals surface area contributed by atoms with Crippen LogP contribution in [-0.2, 0) is 20.7 Å². The molecule has 108 valence electrons. The summed E-state index contributed by atoms with van der Waals surface area (Å²) in [5.41, 5.74) is 1.44. The predicted molar refractivity (Wildman–Crippen MR) is 73.2 cm³/mol. The molecule has 0 unspecified atom stereocenters. The topological polar surface area (TPSA) is 75.7 Å². The van der Waals surface area contributed by atoms with E-state index in [1.165, 1.54) is 19.1 Å². The molecule has 6 nitrogen and oxygen atoms in total. The number of esters is 1. The van der Waals surface area contributed by atoms with E-state index in [1.54, 1.807) is 31.3 Å². The van der Waals surface area contributed by atoms with Crippen molar-refractivity contribution in [2.75, 3.05) is 27.7 Å². The number of carbonyl (C=O) groups is 3. The maximum Gasteiger partial charge on any atom is 0.337 e. The molecule has 0 spiro atoms. The van der Waals surface area contributed by atoms with Crippen LogP contribution in [-0.4, -0.2) is 50.4 Å². The van der Waals surface area contributed by atoms with Gasteiger partial charge in [0.2, 0.25) is 0 Å². The molecule has 0 aliphatic carbocycles. The second-order valence-corrected chi connectivity index (χ2v) is 4.24. The van der Waals surface area contributed by atoms with Crippen molar-refractivity contribution >= 4 is 17.8 Å². The summed E-state index contributed by atoms with van der Waals surface area (Å²) in [6, 6.07) is 6.93. The smallest absolute Gasteiger partial charge is 0.337 e. The molecule has 0 saturated carbocycles. The maximum absolute atomic E-state index is 11.5. The number of ether oxygens (including phenoxy) is 1. The first kappa shape index (κ1) is 15.7. The molecular weight excluding hydrogens is 260 g/mol. The number of rotatable bonds is 4. The average molecular weight is 278 g/mol. The zero-order chi connectivity index (χ0) is 15.1. The van der Waals surface area contributed by atoms with Crippen LogP contribution in [0, 0.1) is 0 Å². The summed E-state index contributed by atoms with van der Waals surface area (Å²) in [7, 11) is 4.32. The van der Waals surface area contributed by atoms with E-state index >= 15 is 0 Å². The van der Waals surface area contributed by atoms with Crippen LogP contribution in [0.2, 0.25) is 0 Å². The molecule has 0 aromatic heterocycles. The summed E-state index contributed by atoms with van der Waals surface area (Å²) in [6.45, 7) is 0.420. The van der Waals surface area contributed by atoms with Gasteiger partial charge in [0.15, 0.2) is 0 Å². The zero-order valence-corrected chi connectivity index (χ0v) is 11.8. The predicted octanol–water partition coefficient (Wildman–Crippen LogP) is 0.220. The summed E-state index contributed by atoms with van der Waals surface area (Å²) >= 11 is 0. The molecule has 0 radical (unpaired) electrons. The van der Waals surface area contributed by atoms with Crippen LogP contribution in [0.25, 0.3) is 0 Å². The minimum absolute atomic E-state index is 0.386. The highest BCUT2D eigenvalue weighted by molar-refractivity contribution is 6.34. The van der Waals surface area contributed by atoms with Crippen LogP contribution in [0.15, 0.2) is 24.3 Å². The largest absolute Gasteiger partial charge is 0.465 e. The van der Waals surface area contributed by atoms with Gasteiger partial charge in [-0.1, -0.05) is 12.1 Å². The molecule has 0 atom stereocenters. The van der Waals surface area contributed by atoms with Gasteiger partial charge >= 0.3 is 17.8 Å². The SMILES string of the molecule is CNC(=O)C(=O)N(C)CCc1ccc(C(=O)OC)cc1. The lowest BCUT2D eigenvalue weighted by atomic mass is 10.1. The fraction of sp³-hybridized carbons (Fsp3) is 0.357. The van der Waals surface area contributed by atoms with Crippen molar-refractivity contribution in [3.8, 4) is 0 Å². The molecule has 1 aromatic carbocycles. The first-order chi connectivity index (χ1) is 9.49. The quantitative estimate of drug-likeness (QED) is 0.631. The summed E-state index contributed by atoms with van der Waals surface area (Å²) in [5, 5.41) is 2.29. The van der Waals surface area contributed by atoms with Crippen molar-refractivity contribution in [3.63, 3.8) is 0 Å². The molecule has 0 aliphatic rings. The molecular formula is C14H18N2O4. The van der Waals surface area contributed by atoms with Gasteiger partial charge in [-0.15, -0.1) is 0 Å². The van der Waals surface area contributed by atoms with Gasteiger partial charge in [0.25, 0.3) is 0 Å². The van der Waals surface area contributed by atoms with E-state index in [0.29, 0.717) is 18.5 Å². The van der Waals surface area contributed by atoms with Crippen molar-refractivity contribution in [1.82, 2.24) is 10.2 Å². The van der Waals surface area contributed by atoms with Gasteiger partial charge < -0.3 is 15.0 Å². The molecule has 1 aromatic rings. The fourth-order valence-corrected chi connectivity index (χ4v) is 1.60. The van der Waals surface area contributed by atoms with Gasteiger partial charge in [-0.25, -0.2) is 4.79 Å². The summed E-state index contributed by atoms with van der Waals surface area (Å²) in [5.74, 6) is -1.59. The van der Waals surface area contributed by atoms with E-state index in [2.05, 4.69) is 10.1 Å². The van der Waals surface area contributed by atoms with E-state index in [9.17, 15) is 14.4 Å². The highest BCUT2D eigenvalue weighted by Gasteiger charge is 2.16. The highest BCUT2D eigenvalue weighted by atomic mass is 16.5. The Labute approximate surface area is 117 Å². The molecule has 0 saturated heterocycles. The Kier molecular flexibility index (Phi) is 5.71. The van der Waals surface area contributed by atoms with E-state index < -0.39 is 11.8 Å². The van der Waals surface area contributed by atoms with Crippen LogP contribution in [0.3, 0.4) is 0 Å². The summed E-state index contributed by atoms with van der Waals surface area (Å²) in [6.07, 6.45) is 0.598. The van der Waals surface area contributed by atoms with Gasteiger partial charge in [0.05, 0.1) is 12.7 Å². The Morgan fingerprint density at radius 1 is 1.20 bits per heavy atom. The number of nitrogens with one attached hydrogen (secondary N) is 1. The van der Waals surface area contributed by atoms with Crippen molar-refractivity contribution in [1.29, 1.82) is 0 Å². The normalized spacial score (nSPS) is 9.75. The fourth-order valence-electron chi connectivity index (χ4n) is 1.60. The molecule has 1 rings (SSSR count). The third-order valence-electron chi connectivity index (χ3n) is 2.88. The number of likely N-dealkylation sites (N-methyl/N-ethyl adjacent to an activating group) is 2.